The predicted octanol–water partition coefficient (Wildman–Crippen LogP) is 1.67. The number of hydrazine groups is 1. The zero-order valence-corrected chi connectivity index (χ0v) is 12.8. The van der Waals surface area contributed by atoms with Crippen LogP contribution in [0, 0.1) is 0 Å². The number of carbonyl (C=O) groups excluding carboxylic acids is 1. The van der Waals surface area contributed by atoms with E-state index in [1.54, 1.807) is 13.1 Å². The number of nitrogens with one attached hydrogen (secondary N) is 3. The van der Waals surface area contributed by atoms with Gasteiger partial charge in [-0.2, -0.15) is 0 Å². The predicted molar refractivity (Wildman–Crippen MR) is 87.8 cm³/mol. The van der Waals surface area contributed by atoms with Crippen LogP contribution in [-0.4, -0.2) is 15.9 Å². The summed E-state index contributed by atoms with van der Waals surface area (Å²) < 4.78 is 1.91. The summed E-state index contributed by atoms with van der Waals surface area (Å²) >= 11 is 0. The molecule has 0 aliphatic rings. The van der Waals surface area contributed by atoms with Crippen LogP contribution >= 0.6 is 0 Å². The molecule has 0 aliphatic carbocycles. The summed E-state index contributed by atoms with van der Waals surface area (Å²) in [6.07, 6.45) is 1.73. The first-order valence-electron chi connectivity index (χ1n) is 7.27. The monoisotopic (exact) mass is 308 g/mol. The molecule has 23 heavy (non-hydrogen) atoms. The molecule has 116 valence electrons. The molecule has 6 heteroatoms. The molecule has 2 aromatic heterocycles. The number of allylic oxidation sites excluding steroid dienone is 1. The number of H-pyrrole nitrogens is 1. The number of imidazole rings is 1. The molecule has 0 spiro atoms. The molecule has 0 saturated heterocycles. The fourth-order valence-corrected chi connectivity index (χ4v) is 2.36. The van der Waals surface area contributed by atoms with Gasteiger partial charge in [0.1, 0.15) is 0 Å². The number of carbonyl (C=O) groups is 1. The molecule has 1 amide bonds. The summed E-state index contributed by atoms with van der Waals surface area (Å²) in [5.41, 5.74) is 8.70. The molecule has 0 saturated carbocycles. The Morgan fingerprint density at radius 3 is 2.74 bits per heavy atom. The Balaban J connectivity index is 2.00. The first kappa shape index (κ1) is 14.8. The number of para-hydroxylation sites is 2. The van der Waals surface area contributed by atoms with Crippen molar-refractivity contribution in [3.05, 3.63) is 60.9 Å². The van der Waals surface area contributed by atoms with Gasteiger partial charge < -0.3 is 5.43 Å². The van der Waals surface area contributed by atoms with E-state index in [0.717, 1.165) is 22.6 Å². The zero-order chi connectivity index (χ0) is 16.2. The summed E-state index contributed by atoms with van der Waals surface area (Å²) in [6.45, 7) is 5.63. The number of nitrogens with zero attached hydrogens (tertiary/aromatic N) is 2. The fraction of sp³-hybridized carbons (Fsp3) is 0.118. The van der Waals surface area contributed by atoms with Crippen LogP contribution in [0.4, 0.5) is 0 Å². The molecule has 0 atom stereocenters. The maximum absolute atomic E-state index is 12.2. The fourth-order valence-electron chi connectivity index (χ4n) is 2.36. The lowest BCUT2D eigenvalue weighted by atomic mass is 10.3. The van der Waals surface area contributed by atoms with Gasteiger partial charge in [-0.05, 0) is 31.2 Å². The van der Waals surface area contributed by atoms with Crippen LogP contribution < -0.4 is 15.4 Å². The van der Waals surface area contributed by atoms with E-state index in [-0.39, 0.29) is 12.5 Å². The Labute approximate surface area is 133 Å². The average Bonchev–Trinajstić information content (AvgIpc) is 2.92. The van der Waals surface area contributed by atoms with Crippen LogP contribution in [-0.2, 0) is 11.3 Å². The van der Waals surface area contributed by atoms with Crippen molar-refractivity contribution < 1.29 is 9.36 Å². The largest absolute Gasteiger partial charge is 0.306 e. The number of amides is 1. The van der Waals surface area contributed by atoms with Crippen molar-refractivity contribution in [3.63, 3.8) is 0 Å². The number of fused-ring (bicyclic) bond motifs is 1. The summed E-state index contributed by atoms with van der Waals surface area (Å²) in [5, 5.41) is 0. The van der Waals surface area contributed by atoms with E-state index < -0.39 is 0 Å². The van der Waals surface area contributed by atoms with Crippen LogP contribution in [0.1, 0.15) is 6.92 Å². The SMILES string of the molecule is C=C(C)NNC(=O)C[n+]1c(-c2ccccn2)[nH]c2ccccc21. The van der Waals surface area contributed by atoms with E-state index in [0.29, 0.717) is 5.70 Å². The minimum atomic E-state index is -0.167. The van der Waals surface area contributed by atoms with E-state index in [1.165, 1.54) is 0 Å². The zero-order valence-electron chi connectivity index (χ0n) is 12.8. The lowest BCUT2D eigenvalue weighted by Gasteiger charge is -2.07. The summed E-state index contributed by atoms with van der Waals surface area (Å²) in [4.78, 5) is 19.9. The van der Waals surface area contributed by atoms with Crippen LogP contribution in [0.5, 0.6) is 0 Å². The van der Waals surface area contributed by atoms with E-state index >= 15 is 0 Å². The highest BCUT2D eigenvalue weighted by Crippen LogP contribution is 2.16. The van der Waals surface area contributed by atoms with E-state index in [4.69, 9.17) is 0 Å². The quantitative estimate of drug-likeness (QED) is 0.496. The van der Waals surface area contributed by atoms with Crippen molar-refractivity contribution >= 4 is 16.9 Å². The van der Waals surface area contributed by atoms with Gasteiger partial charge in [-0.25, -0.2) is 14.5 Å². The molecule has 1 aromatic carbocycles. The molecular weight excluding hydrogens is 290 g/mol. The second-order valence-electron chi connectivity index (χ2n) is 5.25. The molecule has 3 rings (SSSR count). The van der Waals surface area contributed by atoms with Crippen molar-refractivity contribution in [2.75, 3.05) is 0 Å². The lowest BCUT2D eigenvalue weighted by molar-refractivity contribution is -0.647. The standard InChI is InChI=1S/C17H17N5O/c1-12(2)20-21-16(23)11-22-15-9-4-3-7-13(15)19-17(22)14-8-5-6-10-18-14/h3-10H,1,11H2,2H3,(H2,18,19,20,21,23)/p+1. The van der Waals surface area contributed by atoms with Crippen molar-refractivity contribution in [1.82, 2.24) is 20.8 Å². The third kappa shape index (κ3) is 3.21. The number of aromatic nitrogens is 3. The van der Waals surface area contributed by atoms with E-state index in [9.17, 15) is 4.79 Å². The van der Waals surface area contributed by atoms with Gasteiger partial charge in [0.2, 0.25) is 0 Å². The van der Waals surface area contributed by atoms with Crippen molar-refractivity contribution in [2.24, 2.45) is 0 Å². The van der Waals surface area contributed by atoms with Gasteiger partial charge in [0.15, 0.2) is 23.3 Å². The second-order valence-corrected chi connectivity index (χ2v) is 5.25. The number of aromatic amines is 1. The molecule has 3 aromatic rings. The smallest absolute Gasteiger partial charge is 0.304 e. The molecule has 6 nitrogen and oxygen atoms in total. The second kappa shape index (κ2) is 6.31. The molecule has 0 fully saturated rings. The summed E-state index contributed by atoms with van der Waals surface area (Å²) in [7, 11) is 0. The van der Waals surface area contributed by atoms with Gasteiger partial charge in [0, 0.05) is 11.9 Å². The normalized spacial score (nSPS) is 10.5. The van der Waals surface area contributed by atoms with Gasteiger partial charge in [-0.15, -0.1) is 0 Å². The summed E-state index contributed by atoms with van der Waals surface area (Å²) in [6, 6.07) is 13.5. The van der Waals surface area contributed by atoms with Crippen LogP contribution in [0.15, 0.2) is 60.9 Å². The first-order chi connectivity index (χ1) is 11.1. The maximum Gasteiger partial charge on any atom is 0.306 e. The summed E-state index contributed by atoms with van der Waals surface area (Å²) in [5.74, 6) is 0.622. The Kier molecular flexibility index (Phi) is 4.05. The highest BCUT2D eigenvalue weighted by Gasteiger charge is 2.22. The molecule has 0 aliphatic heterocycles. The van der Waals surface area contributed by atoms with Crippen LogP contribution in [0.3, 0.4) is 0 Å². The van der Waals surface area contributed by atoms with Gasteiger partial charge in [-0.3, -0.25) is 10.2 Å². The minimum absolute atomic E-state index is 0.163. The number of rotatable bonds is 5. The number of hydrogen-bond donors (Lipinski definition) is 3. The Morgan fingerprint density at radius 1 is 1.22 bits per heavy atom. The molecule has 3 N–H and O–H groups in total. The number of pyridine rings is 1. The Morgan fingerprint density at radius 2 is 2.00 bits per heavy atom. The molecular formula is C17H18N5O+. The van der Waals surface area contributed by atoms with E-state index in [1.807, 2.05) is 47.0 Å². The molecule has 2 heterocycles. The highest BCUT2D eigenvalue weighted by atomic mass is 16.2. The van der Waals surface area contributed by atoms with Gasteiger partial charge in [0.05, 0.1) is 0 Å². The molecule has 0 bridgehead atoms. The minimum Gasteiger partial charge on any atom is -0.304 e. The third-order valence-corrected chi connectivity index (χ3v) is 3.34. The Hall–Kier alpha value is -3.15. The lowest BCUT2D eigenvalue weighted by Crippen LogP contribution is -2.47. The molecule has 0 radical (unpaired) electrons. The Bertz CT molecular complexity index is 854. The van der Waals surface area contributed by atoms with Gasteiger partial charge in [0.25, 0.3) is 5.91 Å². The molecule has 0 unspecified atom stereocenters. The highest BCUT2D eigenvalue weighted by molar-refractivity contribution is 5.77. The van der Waals surface area contributed by atoms with Crippen LogP contribution in [0.2, 0.25) is 0 Å². The van der Waals surface area contributed by atoms with Gasteiger partial charge >= 0.3 is 5.82 Å². The van der Waals surface area contributed by atoms with E-state index in [2.05, 4.69) is 27.4 Å². The third-order valence-electron chi connectivity index (χ3n) is 3.34. The first-order valence-corrected chi connectivity index (χ1v) is 7.27. The van der Waals surface area contributed by atoms with Crippen molar-refractivity contribution in [3.8, 4) is 11.5 Å². The number of hydrogen-bond acceptors (Lipinski definition) is 3. The topological polar surface area (TPSA) is 73.7 Å². The van der Waals surface area contributed by atoms with Gasteiger partial charge in [-0.1, -0.05) is 24.8 Å². The average molecular weight is 308 g/mol. The van der Waals surface area contributed by atoms with Crippen molar-refractivity contribution in [2.45, 2.75) is 13.5 Å². The van der Waals surface area contributed by atoms with Crippen LogP contribution in [0.25, 0.3) is 22.6 Å². The van der Waals surface area contributed by atoms with Crippen molar-refractivity contribution in [1.29, 1.82) is 0 Å². The number of benzene rings is 1. The maximum atomic E-state index is 12.2.